The number of ketones is 1. The molecule has 0 saturated heterocycles. The lowest BCUT2D eigenvalue weighted by Gasteiger charge is -2.09. The number of ether oxygens (including phenoxy) is 3. The van der Waals surface area contributed by atoms with E-state index in [-0.39, 0.29) is 5.78 Å². The molecular formula is C17H18O4. The van der Waals surface area contributed by atoms with Gasteiger partial charge in [0, 0.05) is 5.56 Å². The molecule has 0 aliphatic carbocycles. The molecule has 110 valence electrons. The van der Waals surface area contributed by atoms with E-state index in [1.165, 1.54) is 6.92 Å². The van der Waals surface area contributed by atoms with E-state index in [0.29, 0.717) is 24.5 Å². The molecule has 0 bridgehead atoms. The van der Waals surface area contributed by atoms with Crippen LogP contribution in [0.5, 0.6) is 17.2 Å². The molecule has 21 heavy (non-hydrogen) atoms. The first-order valence-electron chi connectivity index (χ1n) is 6.69. The van der Waals surface area contributed by atoms with Crippen LogP contribution in [0, 0.1) is 0 Å². The molecule has 0 N–H and O–H groups in total. The van der Waals surface area contributed by atoms with Crippen molar-refractivity contribution in [3.63, 3.8) is 0 Å². The molecule has 2 aromatic rings. The first-order valence-corrected chi connectivity index (χ1v) is 6.69. The van der Waals surface area contributed by atoms with Crippen molar-refractivity contribution in [3.8, 4) is 17.2 Å². The van der Waals surface area contributed by atoms with Gasteiger partial charge in [-0.2, -0.15) is 0 Å². The molecule has 0 fully saturated rings. The van der Waals surface area contributed by atoms with Crippen molar-refractivity contribution in [2.45, 2.75) is 6.92 Å². The molecule has 0 amide bonds. The Labute approximate surface area is 124 Å². The van der Waals surface area contributed by atoms with E-state index < -0.39 is 0 Å². The number of methoxy groups -OCH3 is 1. The van der Waals surface area contributed by atoms with Crippen LogP contribution in [0.3, 0.4) is 0 Å². The molecule has 0 heterocycles. The molecular weight excluding hydrogens is 268 g/mol. The van der Waals surface area contributed by atoms with Crippen LogP contribution in [-0.4, -0.2) is 26.1 Å². The molecule has 4 heteroatoms. The molecule has 0 saturated carbocycles. The standard InChI is InChI=1S/C17H18O4/c1-13(18)14-4-3-5-17(12-14)21-11-10-20-16-8-6-15(19-2)7-9-16/h3-9,12H,10-11H2,1-2H3. The second-order valence-corrected chi connectivity index (χ2v) is 4.46. The zero-order valence-corrected chi connectivity index (χ0v) is 12.2. The molecule has 0 aromatic heterocycles. The Kier molecular flexibility index (Phi) is 5.21. The van der Waals surface area contributed by atoms with Crippen molar-refractivity contribution in [2.24, 2.45) is 0 Å². The van der Waals surface area contributed by atoms with Crippen LogP contribution in [0.15, 0.2) is 48.5 Å². The lowest BCUT2D eigenvalue weighted by atomic mass is 10.1. The molecule has 0 aliphatic rings. The number of rotatable bonds is 7. The maximum absolute atomic E-state index is 11.3. The monoisotopic (exact) mass is 286 g/mol. The number of hydrogen-bond acceptors (Lipinski definition) is 4. The minimum atomic E-state index is 0.0231. The van der Waals surface area contributed by atoms with E-state index in [1.54, 1.807) is 25.3 Å². The smallest absolute Gasteiger partial charge is 0.159 e. The van der Waals surface area contributed by atoms with Crippen molar-refractivity contribution in [2.75, 3.05) is 20.3 Å². The van der Waals surface area contributed by atoms with Crippen molar-refractivity contribution >= 4 is 5.78 Å². The molecule has 0 aliphatic heterocycles. The highest BCUT2D eigenvalue weighted by atomic mass is 16.5. The van der Waals surface area contributed by atoms with E-state index in [2.05, 4.69) is 0 Å². The Balaban J connectivity index is 1.78. The van der Waals surface area contributed by atoms with Crippen LogP contribution in [0.4, 0.5) is 0 Å². The van der Waals surface area contributed by atoms with Gasteiger partial charge in [-0.05, 0) is 43.3 Å². The molecule has 2 aromatic carbocycles. The van der Waals surface area contributed by atoms with E-state index >= 15 is 0 Å². The van der Waals surface area contributed by atoms with Gasteiger partial charge in [-0.1, -0.05) is 12.1 Å². The highest BCUT2D eigenvalue weighted by Gasteiger charge is 2.01. The summed E-state index contributed by atoms with van der Waals surface area (Å²) in [6.07, 6.45) is 0. The van der Waals surface area contributed by atoms with Gasteiger partial charge in [0.25, 0.3) is 0 Å². The number of carbonyl (C=O) groups is 1. The summed E-state index contributed by atoms with van der Waals surface area (Å²) in [6.45, 7) is 2.37. The van der Waals surface area contributed by atoms with Gasteiger partial charge in [-0.3, -0.25) is 4.79 Å². The first-order chi connectivity index (χ1) is 10.2. The van der Waals surface area contributed by atoms with Crippen LogP contribution < -0.4 is 14.2 Å². The summed E-state index contributed by atoms with van der Waals surface area (Å²) in [5.74, 6) is 2.24. The second kappa shape index (κ2) is 7.33. The fourth-order valence-corrected chi connectivity index (χ4v) is 1.80. The highest BCUT2D eigenvalue weighted by Crippen LogP contribution is 2.17. The molecule has 0 spiro atoms. The predicted molar refractivity (Wildman–Crippen MR) is 80.4 cm³/mol. The van der Waals surface area contributed by atoms with Crippen LogP contribution in [0.2, 0.25) is 0 Å². The molecule has 2 rings (SSSR count). The summed E-state index contributed by atoms with van der Waals surface area (Å²) in [7, 11) is 1.62. The number of benzene rings is 2. The maximum Gasteiger partial charge on any atom is 0.159 e. The highest BCUT2D eigenvalue weighted by molar-refractivity contribution is 5.94. The summed E-state index contributed by atoms with van der Waals surface area (Å²) < 4.78 is 16.2. The van der Waals surface area contributed by atoms with Crippen LogP contribution in [0.1, 0.15) is 17.3 Å². The minimum absolute atomic E-state index is 0.0231. The number of Topliss-reactive ketones (excluding diaryl/α,β-unsaturated/α-hetero) is 1. The molecule has 4 nitrogen and oxygen atoms in total. The van der Waals surface area contributed by atoms with Gasteiger partial charge in [0.2, 0.25) is 0 Å². The van der Waals surface area contributed by atoms with Gasteiger partial charge in [0.15, 0.2) is 5.78 Å². The SMILES string of the molecule is COc1ccc(OCCOc2cccc(C(C)=O)c2)cc1. The third-order valence-corrected chi connectivity index (χ3v) is 2.92. The summed E-state index contributed by atoms with van der Waals surface area (Å²) in [6, 6.07) is 14.5. The fraction of sp³-hybridized carbons (Fsp3) is 0.235. The third kappa shape index (κ3) is 4.53. The Morgan fingerprint density at radius 3 is 2.14 bits per heavy atom. The lowest BCUT2D eigenvalue weighted by molar-refractivity contribution is 0.101. The zero-order valence-electron chi connectivity index (χ0n) is 12.2. The van der Waals surface area contributed by atoms with Crippen molar-refractivity contribution in [1.82, 2.24) is 0 Å². The van der Waals surface area contributed by atoms with E-state index in [9.17, 15) is 4.79 Å². The number of hydrogen-bond donors (Lipinski definition) is 0. The third-order valence-electron chi connectivity index (χ3n) is 2.92. The van der Waals surface area contributed by atoms with E-state index in [1.807, 2.05) is 30.3 Å². The summed E-state index contributed by atoms with van der Waals surface area (Å²) in [5.41, 5.74) is 0.642. The van der Waals surface area contributed by atoms with Crippen molar-refractivity contribution in [3.05, 3.63) is 54.1 Å². The Morgan fingerprint density at radius 1 is 0.905 bits per heavy atom. The van der Waals surface area contributed by atoms with Crippen molar-refractivity contribution < 1.29 is 19.0 Å². The lowest BCUT2D eigenvalue weighted by Crippen LogP contribution is -2.09. The molecule has 0 atom stereocenters. The van der Waals surface area contributed by atoms with Gasteiger partial charge < -0.3 is 14.2 Å². The summed E-state index contributed by atoms with van der Waals surface area (Å²) in [5, 5.41) is 0. The van der Waals surface area contributed by atoms with Crippen LogP contribution in [0.25, 0.3) is 0 Å². The topological polar surface area (TPSA) is 44.8 Å². The fourth-order valence-electron chi connectivity index (χ4n) is 1.80. The van der Waals surface area contributed by atoms with Gasteiger partial charge in [0.1, 0.15) is 30.5 Å². The Morgan fingerprint density at radius 2 is 1.52 bits per heavy atom. The molecule has 0 unspecified atom stereocenters. The summed E-state index contributed by atoms with van der Waals surface area (Å²) >= 11 is 0. The average Bonchev–Trinajstić information content (AvgIpc) is 2.52. The Bertz CT molecular complexity index is 590. The van der Waals surface area contributed by atoms with E-state index in [0.717, 1.165) is 11.5 Å². The van der Waals surface area contributed by atoms with Crippen LogP contribution in [-0.2, 0) is 0 Å². The molecule has 0 radical (unpaired) electrons. The Hall–Kier alpha value is -2.49. The maximum atomic E-state index is 11.3. The van der Waals surface area contributed by atoms with Gasteiger partial charge in [-0.25, -0.2) is 0 Å². The minimum Gasteiger partial charge on any atom is -0.497 e. The zero-order chi connectivity index (χ0) is 15.1. The van der Waals surface area contributed by atoms with E-state index in [4.69, 9.17) is 14.2 Å². The normalized spacial score (nSPS) is 10.0. The predicted octanol–water partition coefficient (Wildman–Crippen LogP) is 3.36. The first kappa shape index (κ1) is 14.9. The van der Waals surface area contributed by atoms with Gasteiger partial charge in [-0.15, -0.1) is 0 Å². The quantitative estimate of drug-likeness (QED) is 0.578. The van der Waals surface area contributed by atoms with Crippen molar-refractivity contribution in [1.29, 1.82) is 0 Å². The van der Waals surface area contributed by atoms with Gasteiger partial charge >= 0.3 is 0 Å². The van der Waals surface area contributed by atoms with Crippen LogP contribution >= 0.6 is 0 Å². The average molecular weight is 286 g/mol. The number of carbonyl (C=O) groups excluding carboxylic acids is 1. The van der Waals surface area contributed by atoms with Gasteiger partial charge in [0.05, 0.1) is 7.11 Å². The largest absolute Gasteiger partial charge is 0.497 e. The second-order valence-electron chi connectivity index (χ2n) is 4.46. The summed E-state index contributed by atoms with van der Waals surface area (Å²) in [4.78, 5) is 11.3.